The second-order valence-corrected chi connectivity index (χ2v) is 11.1. The van der Waals surface area contributed by atoms with Gasteiger partial charge in [-0.3, -0.25) is 34.7 Å². The number of carbonyl (C=O) groups is 3. The van der Waals surface area contributed by atoms with Gasteiger partial charge in [-0.1, -0.05) is 48.6 Å². The van der Waals surface area contributed by atoms with E-state index in [1.165, 1.54) is 60.1 Å². The summed E-state index contributed by atoms with van der Waals surface area (Å²) in [5.74, 6) is 0.760. The number of para-hydroxylation sites is 2. The molecular formula is C40H27F3N8O6RuS. The van der Waals surface area contributed by atoms with Crippen molar-refractivity contribution in [2.45, 2.75) is 6.18 Å². The molecule has 14 nitrogen and oxygen atoms in total. The molecule has 2 N–H and O–H groups in total. The fourth-order valence-electron chi connectivity index (χ4n) is 4.91. The van der Waals surface area contributed by atoms with Gasteiger partial charge in [0.1, 0.15) is 23.0 Å². The molecule has 0 amide bonds. The van der Waals surface area contributed by atoms with Crippen molar-refractivity contribution in [2.75, 3.05) is 4.90 Å². The third-order valence-electron chi connectivity index (χ3n) is 7.24. The summed E-state index contributed by atoms with van der Waals surface area (Å²) >= 11 is 3.70. The zero-order chi connectivity index (χ0) is 41.9. The second kappa shape index (κ2) is 23.0. The number of nitrogens with one attached hydrogen (secondary N) is 2. The Morgan fingerprint density at radius 2 is 1.14 bits per heavy atom. The van der Waals surface area contributed by atoms with Gasteiger partial charge in [-0.15, -0.1) is 5.70 Å². The van der Waals surface area contributed by atoms with Crippen molar-refractivity contribution in [3.05, 3.63) is 151 Å². The molecular weight excluding hydrogens is 879 g/mol. The zero-order valence-electron chi connectivity index (χ0n) is 30.0. The van der Waals surface area contributed by atoms with Gasteiger partial charge in [0.25, 0.3) is 19.4 Å². The molecule has 0 aliphatic heterocycles. The van der Waals surface area contributed by atoms with Crippen LogP contribution in [0.25, 0.3) is 39.6 Å². The predicted octanol–water partition coefficient (Wildman–Crippen LogP) is 8.99. The first-order valence-corrected chi connectivity index (χ1v) is 16.7. The summed E-state index contributed by atoms with van der Waals surface area (Å²) in [6.07, 6.45) is -0.0501. The number of carbonyl (C=O) groups excluding carboxylic acids is 3. The number of ether oxygens (including phenoxy) is 3. The number of pyridine rings is 4. The first kappa shape index (κ1) is 46.1. The van der Waals surface area contributed by atoms with Crippen LogP contribution in [0.3, 0.4) is 0 Å². The Kier molecular flexibility index (Phi) is 18.0. The zero-order valence-corrected chi connectivity index (χ0v) is 32.5. The standard InChI is InChI=1S/C21H16F3N4.C18H11N3O6.CNS.Ru/c22-21(23,24)19(26)14-17(25)20-18(12-7-13-27-20)28(15-8-3-1-4-9-15)16-10-5-2-6-11-16;22-9-25-12-1-3-19-15(5-12)17-7-14(27-11-24)8-18(21-17)16-6-13(26-10-23)2-4-20-16;2-1-3;/h1-14,25-26H;1-11H;;/q-1;;-1;+2/b17-14-,26-19?;;;. The summed E-state index contributed by atoms with van der Waals surface area (Å²) in [5, 5.41) is 15.6. The van der Waals surface area contributed by atoms with Crippen LogP contribution in [0.1, 0.15) is 5.69 Å². The molecule has 0 radical (unpaired) electrons. The van der Waals surface area contributed by atoms with Crippen LogP contribution in [0.2, 0.25) is 0 Å². The number of halogens is 3. The molecule has 59 heavy (non-hydrogen) atoms. The van der Waals surface area contributed by atoms with Crippen LogP contribution in [-0.4, -0.2) is 56.4 Å². The molecule has 19 heteroatoms. The Bertz CT molecular complexity index is 2310. The SMILES string of the molecule is N=C(/C=C(\[NH-])c1ncccc1N(c1ccccc1)c1ccccc1)C(F)(F)F.O=COc1ccnc(-c2cc(OC=O)cc(-c3cc(OC=O)ccn3)n2)c1.[N-]=C=S.[Ru+2]. The Labute approximate surface area is 352 Å². The van der Waals surface area contributed by atoms with Crippen LogP contribution in [0.15, 0.2) is 134 Å². The molecule has 0 saturated heterocycles. The largest absolute Gasteiger partial charge is 2.00 e. The summed E-state index contributed by atoms with van der Waals surface area (Å²) in [4.78, 5) is 50.5. The summed E-state index contributed by atoms with van der Waals surface area (Å²) in [5.41, 5.74) is 9.51. The van der Waals surface area contributed by atoms with Crippen LogP contribution in [-0.2, 0) is 33.9 Å². The quantitative estimate of drug-likeness (QED) is 0.0499. The minimum absolute atomic E-state index is 0. The molecule has 0 saturated carbocycles. The number of rotatable bonds is 13. The first-order valence-electron chi connectivity index (χ1n) is 16.2. The summed E-state index contributed by atoms with van der Waals surface area (Å²) < 4.78 is 52.7. The molecule has 4 heterocycles. The molecule has 0 spiro atoms. The monoisotopic (exact) mass is 906 g/mol. The molecule has 4 aromatic heterocycles. The number of hydrogen-bond donors (Lipinski definition) is 1. The third-order valence-corrected chi connectivity index (χ3v) is 7.24. The van der Waals surface area contributed by atoms with Crippen molar-refractivity contribution >= 4 is 65.3 Å². The van der Waals surface area contributed by atoms with E-state index in [0.717, 1.165) is 11.4 Å². The van der Waals surface area contributed by atoms with Gasteiger partial charge in [0.05, 0.1) is 34.2 Å². The fourth-order valence-corrected chi connectivity index (χ4v) is 4.91. The smallest absolute Gasteiger partial charge is 0.753 e. The third kappa shape index (κ3) is 13.4. The first-order chi connectivity index (χ1) is 28.0. The van der Waals surface area contributed by atoms with E-state index in [2.05, 4.69) is 32.2 Å². The maximum Gasteiger partial charge on any atom is 2.00 e. The number of anilines is 3. The molecule has 0 aliphatic carbocycles. The minimum Gasteiger partial charge on any atom is -0.753 e. The molecule has 0 atom stereocenters. The number of allylic oxidation sites excluding steroid dienone is 1. The summed E-state index contributed by atoms with van der Waals surface area (Å²) in [7, 11) is 0. The number of hydrogen-bond acceptors (Lipinski definition) is 13. The fraction of sp³-hybridized carbons (Fsp3) is 0.0250. The number of isothiocyanates is 1. The van der Waals surface area contributed by atoms with E-state index in [-0.39, 0.29) is 48.9 Å². The summed E-state index contributed by atoms with van der Waals surface area (Å²) in [6, 6.07) is 30.9. The molecule has 0 bridgehead atoms. The molecule has 0 aliphatic rings. The van der Waals surface area contributed by atoms with Crippen molar-refractivity contribution in [3.63, 3.8) is 0 Å². The topological polar surface area (TPSA) is 204 Å². The molecule has 0 fully saturated rings. The van der Waals surface area contributed by atoms with Crippen molar-refractivity contribution < 1.29 is 61.2 Å². The molecule has 0 unspecified atom stereocenters. The van der Waals surface area contributed by atoms with Crippen molar-refractivity contribution in [1.29, 1.82) is 5.41 Å². The Balaban J connectivity index is 0.000000291. The van der Waals surface area contributed by atoms with Crippen molar-refractivity contribution in [2.24, 2.45) is 0 Å². The van der Waals surface area contributed by atoms with Gasteiger partial charge < -0.3 is 30.3 Å². The van der Waals surface area contributed by atoms with Crippen LogP contribution in [0, 0.1) is 5.41 Å². The van der Waals surface area contributed by atoms with E-state index in [0.29, 0.717) is 47.5 Å². The van der Waals surface area contributed by atoms with Crippen LogP contribution >= 0.6 is 12.2 Å². The van der Waals surface area contributed by atoms with Crippen molar-refractivity contribution in [1.82, 2.24) is 19.9 Å². The predicted molar refractivity (Wildman–Crippen MR) is 212 cm³/mol. The van der Waals surface area contributed by atoms with E-state index < -0.39 is 17.6 Å². The normalized spacial score (nSPS) is 10.3. The van der Waals surface area contributed by atoms with Gasteiger partial charge >= 0.3 is 25.7 Å². The van der Waals surface area contributed by atoms with Gasteiger partial charge in [0, 0.05) is 54.2 Å². The van der Waals surface area contributed by atoms with E-state index in [4.69, 9.17) is 30.8 Å². The second-order valence-electron chi connectivity index (χ2n) is 10.9. The number of benzene rings is 2. The average Bonchev–Trinajstić information content (AvgIpc) is 3.23. The summed E-state index contributed by atoms with van der Waals surface area (Å²) in [6.45, 7) is 0.875. The number of thiocarbonyl (C=S) groups is 1. The van der Waals surface area contributed by atoms with E-state index in [1.54, 1.807) is 12.1 Å². The Hall–Kier alpha value is -7.33. The van der Waals surface area contributed by atoms with Crippen LogP contribution < -0.4 is 19.1 Å². The number of aromatic nitrogens is 4. The van der Waals surface area contributed by atoms with Crippen molar-refractivity contribution in [3.8, 4) is 40.0 Å². The maximum atomic E-state index is 12.7. The van der Waals surface area contributed by atoms with Gasteiger partial charge in [0.15, 0.2) is 0 Å². The Morgan fingerprint density at radius 1 is 0.695 bits per heavy atom. The van der Waals surface area contributed by atoms with Crippen LogP contribution in [0.5, 0.6) is 17.2 Å². The Morgan fingerprint density at radius 3 is 1.58 bits per heavy atom. The van der Waals surface area contributed by atoms with Gasteiger partial charge in [-0.05, 0) is 54.6 Å². The van der Waals surface area contributed by atoms with Gasteiger partial charge in [-0.25, -0.2) is 4.98 Å². The maximum absolute atomic E-state index is 12.7. The van der Waals surface area contributed by atoms with E-state index in [1.807, 2.05) is 65.6 Å². The van der Waals surface area contributed by atoms with E-state index in [9.17, 15) is 27.6 Å². The molecule has 6 aromatic rings. The minimum atomic E-state index is -4.82. The molecule has 6 rings (SSSR count). The van der Waals surface area contributed by atoms with Gasteiger partial charge in [0.2, 0.25) is 0 Å². The molecule has 2 aromatic carbocycles. The number of alkyl halides is 3. The van der Waals surface area contributed by atoms with E-state index >= 15 is 0 Å². The molecule has 298 valence electrons. The number of nitrogens with zero attached hydrogens (tertiary/aromatic N) is 6. The van der Waals surface area contributed by atoms with Crippen LogP contribution in [0.4, 0.5) is 30.2 Å². The average molecular weight is 906 g/mol. The van der Waals surface area contributed by atoms with Gasteiger partial charge in [-0.2, -0.15) is 18.3 Å².